The lowest BCUT2D eigenvalue weighted by Crippen LogP contribution is -2.57. The molecule has 0 aliphatic carbocycles. The molecule has 0 aliphatic rings. The van der Waals surface area contributed by atoms with Crippen LogP contribution < -0.4 is 43.8 Å². The first kappa shape index (κ1) is 32.1. The molecule has 0 aromatic rings. The Morgan fingerprint density at radius 3 is 1.60 bits per heavy atom. The smallest absolute Gasteiger partial charge is 0.326 e. The molecule has 0 fully saturated rings. The largest absolute Gasteiger partial charge is 0.480 e. The van der Waals surface area contributed by atoms with E-state index in [-0.39, 0.29) is 49.4 Å². The molecule has 3 amide bonds. The topological polar surface area (TPSA) is 274 Å². The molecule has 35 heavy (non-hydrogen) atoms. The summed E-state index contributed by atoms with van der Waals surface area (Å²) in [5.41, 5.74) is 16.0. The van der Waals surface area contributed by atoms with Crippen LogP contribution in [-0.2, 0) is 19.2 Å². The summed E-state index contributed by atoms with van der Waals surface area (Å²) in [5, 5.41) is 36.1. The summed E-state index contributed by atoms with van der Waals surface area (Å²) in [6.07, 6.45) is 0.848. The number of carbonyl (C=O) groups excluding carboxylic acids is 3. The Kier molecular flexibility index (Phi) is 16.0. The molecule has 0 saturated carbocycles. The molecule has 0 rings (SSSR count). The van der Waals surface area contributed by atoms with Crippen molar-refractivity contribution in [1.29, 1.82) is 10.8 Å². The summed E-state index contributed by atoms with van der Waals surface area (Å²) >= 11 is 8.03. The number of nitrogens with two attached hydrogens (primary N) is 3. The van der Waals surface area contributed by atoms with Gasteiger partial charge in [-0.1, -0.05) is 0 Å². The predicted molar refractivity (Wildman–Crippen MR) is 137 cm³/mol. The lowest BCUT2D eigenvalue weighted by atomic mass is 10.1. The van der Waals surface area contributed by atoms with Crippen molar-refractivity contribution in [1.82, 2.24) is 26.6 Å². The van der Waals surface area contributed by atoms with Crippen molar-refractivity contribution in [3.8, 4) is 0 Å². The van der Waals surface area contributed by atoms with E-state index in [1.807, 2.05) is 0 Å². The lowest BCUT2D eigenvalue weighted by molar-refractivity contribution is -0.142. The van der Waals surface area contributed by atoms with Crippen molar-refractivity contribution in [2.24, 2.45) is 17.2 Å². The zero-order chi connectivity index (χ0) is 27.0. The molecule has 0 aliphatic heterocycles. The quantitative estimate of drug-likeness (QED) is 0.0373. The second-order valence-electron chi connectivity index (χ2n) is 7.46. The molecule has 14 N–H and O–H groups in total. The van der Waals surface area contributed by atoms with E-state index in [9.17, 15) is 24.3 Å². The van der Waals surface area contributed by atoms with Crippen LogP contribution in [0.4, 0.5) is 0 Å². The highest BCUT2D eigenvalue weighted by Gasteiger charge is 2.29. The van der Waals surface area contributed by atoms with Gasteiger partial charge in [0, 0.05) is 24.6 Å². The van der Waals surface area contributed by atoms with Crippen LogP contribution in [-0.4, -0.2) is 89.5 Å². The van der Waals surface area contributed by atoms with Crippen LogP contribution in [0.1, 0.15) is 25.7 Å². The van der Waals surface area contributed by atoms with E-state index in [1.54, 1.807) is 0 Å². The van der Waals surface area contributed by atoms with Gasteiger partial charge in [-0.15, -0.1) is 0 Å². The number of rotatable bonds is 17. The fourth-order valence-corrected chi connectivity index (χ4v) is 3.11. The maximum absolute atomic E-state index is 12.8. The molecule has 0 aromatic carbocycles. The summed E-state index contributed by atoms with van der Waals surface area (Å²) in [6, 6.07) is -4.44. The minimum atomic E-state index is -1.27. The first-order valence-electron chi connectivity index (χ1n) is 10.7. The Morgan fingerprint density at radius 2 is 1.17 bits per heavy atom. The van der Waals surface area contributed by atoms with Crippen LogP contribution >= 0.6 is 25.3 Å². The highest BCUT2D eigenvalue weighted by atomic mass is 32.1. The van der Waals surface area contributed by atoms with Gasteiger partial charge in [0.25, 0.3) is 0 Å². The number of aliphatic carboxylic acids is 1. The summed E-state index contributed by atoms with van der Waals surface area (Å²) in [5.74, 6) is -3.94. The van der Waals surface area contributed by atoms with Gasteiger partial charge < -0.3 is 48.9 Å². The minimum absolute atomic E-state index is 0.0479. The monoisotopic (exact) mass is 536 g/mol. The first-order valence-corrected chi connectivity index (χ1v) is 12.0. The van der Waals surface area contributed by atoms with Crippen LogP contribution in [0, 0.1) is 10.8 Å². The Bertz CT molecular complexity index is 757. The van der Waals surface area contributed by atoms with Gasteiger partial charge in [0.2, 0.25) is 17.7 Å². The van der Waals surface area contributed by atoms with Gasteiger partial charge in [-0.3, -0.25) is 25.2 Å². The van der Waals surface area contributed by atoms with Gasteiger partial charge in [0.05, 0.1) is 6.04 Å². The molecule has 0 radical (unpaired) electrons. The van der Waals surface area contributed by atoms with E-state index in [1.165, 1.54) is 0 Å². The molecule has 0 bridgehead atoms. The molecular weight excluding hydrogens is 500 g/mol. The third-order valence-electron chi connectivity index (χ3n) is 4.57. The van der Waals surface area contributed by atoms with Crippen LogP contribution in [0.2, 0.25) is 0 Å². The van der Waals surface area contributed by atoms with E-state index >= 15 is 0 Å². The van der Waals surface area contributed by atoms with Crippen LogP contribution in [0.25, 0.3) is 0 Å². The highest BCUT2D eigenvalue weighted by Crippen LogP contribution is 2.03. The molecule has 0 aromatic heterocycles. The number of guanidine groups is 2. The average molecular weight is 537 g/mol. The second-order valence-corrected chi connectivity index (χ2v) is 8.19. The summed E-state index contributed by atoms with van der Waals surface area (Å²) in [4.78, 5) is 49.2. The van der Waals surface area contributed by atoms with Gasteiger partial charge in [-0.25, -0.2) is 4.79 Å². The van der Waals surface area contributed by atoms with Crippen molar-refractivity contribution in [3.05, 3.63) is 0 Å². The van der Waals surface area contributed by atoms with Crippen molar-refractivity contribution in [2.45, 2.75) is 49.9 Å². The van der Waals surface area contributed by atoms with E-state index in [0.29, 0.717) is 12.8 Å². The third-order valence-corrected chi connectivity index (χ3v) is 5.33. The first-order chi connectivity index (χ1) is 16.4. The molecule has 0 spiro atoms. The summed E-state index contributed by atoms with van der Waals surface area (Å²) in [6.45, 7) is 0.513. The van der Waals surface area contributed by atoms with Gasteiger partial charge in [-0.2, -0.15) is 25.3 Å². The third kappa shape index (κ3) is 14.2. The molecule has 15 nitrogen and oxygen atoms in total. The van der Waals surface area contributed by atoms with E-state index in [4.69, 9.17) is 28.0 Å². The maximum atomic E-state index is 12.8. The standard InChI is InChI=1S/C18H36N10O5S2/c19-9(7-34)13(29)26-10(3-1-5-24-17(20)21)14(30)28-12(8-35)15(31)27-11(16(32)33)4-2-6-25-18(22)23/h9-12,34-35H,1-8,19H2,(H,26,29)(H,27,31)(H,28,30)(H,32,33)(H4,20,21,24)(H4,22,23,25)/t9-,10-,11-,12-/m0/s1. The molecule has 200 valence electrons. The van der Waals surface area contributed by atoms with E-state index < -0.39 is 47.9 Å². The van der Waals surface area contributed by atoms with E-state index in [0.717, 1.165) is 0 Å². The molecule has 0 unspecified atom stereocenters. The Labute approximate surface area is 214 Å². The number of hydrogen-bond acceptors (Lipinski definition) is 9. The number of carboxylic acid groups (broad SMARTS) is 1. The SMILES string of the molecule is N=C(N)NCCC[C@H](NC(=O)[C@H](CS)NC(=O)[C@H](CCCNC(=N)N)NC(=O)[C@@H](N)CS)C(=O)O. The van der Waals surface area contributed by atoms with Gasteiger partial charge in [0.1, 0.15) is 18.1 Å². The number of carbonyl (C=O) groups is 4. The van der Waals surface area contributed by atoms with Gasteiger partial charge in [0.15, 0.2) is 11.9 Å². The molecule has 0 heterocycles. The molecule has 0 saturated heterocycles. The fraction of sp³-hybridized carbons (Fsp3) is 0.667. The zero-order valence-electron chi connectivity index (χ0n) is 19.2. The summed E-state index contributed by atoms with van der Waals surface area (Å²) in [7, 11) is 0. The maximum Gasteiger partial charge on any atom is 0.326 e. The lowest BCUT2D eigenvalue weighted by Gasteiger charge is -2.24. The molecule has 17 heteroatoms. The van der Waals surface area contributed by atoms with Crippen molar-refractivity contribution in [2.75, 3.05) is 24.6 Å². The summed E-state index contributed by atoms with van der Waals surface area (Å²) < 4.78 is 0. The number of nitrogens with one attached hydrogen (secondary N) is 7. The second kappa shape index (κ2) is 17.5. The number of thiol groups is 2. The van der Waals surface area contributed by atoms with Gasteiger partial charge in [-0.05, 0) is 25.7 Å². The van der Waals surface area contributed by atoms with Crippen molar-refractivity contribution >= 4 is 60.9 Å². The number of carboxylic acids is 1. The normalized spacial score (nSPS) is 13.9. The van der Waals surface area contributed by atoms with Crippen molar-refractivity contribution < 1.29 is 24.3 Å². The Morgan fingerprint density at radius 1 is 0.743 bits per heavy atom. The average Bonchev–Trinajstić information content (AvgIpc) is 2.79. The van der Waals surface area contributed by atoms with E-state index in [2.05, 4.69) is 51.8 Å². The van der Waals surface area contributed by atoms with Crippen LogP contribution in [0.15, 0.2) is 0 Å². The number of hydrogen-bond donors (Lipinski definition) is 13. The molecule has 4 atom stereocenters. The van der Waals surface area contributed by atoms with Crippen molar-refractivity contribution in [3.63, 3.8) is 0 Å². The van der Waals surface area contributed by atoms with Crippen LogP contribution in [0.5, 0.6) is 0 Å². The van der Waals surface area contributed by atoms with Gasteiger partial charge >= 0.3 is 5.97 Å². The Hall–Kier alpha value is -2.92. The van der Waals surface area contributed by atoms with Crippen LogP contribution in [0.3, 0.4) is 0 Å². The minimum Gasteiger partial charge on any atom is -0.480 e. The predicted octanol–water partition coefficient (Wildman–Crippen LogP) is -3.76. The highest BCUT2D eigenvalue weighted by molar-refractivity contribution is 7.80. The fourth-order valence-electron chi connectivity index (χ4n) is 2.69. The zero-order valence-corrected chi connectivity index (χ0v) is 21.0. The Balaban J connectivity index is 5.16. The molecular formula is C18H36N10O5S2. The number of amides is 3.